The van der Waals surface area contributed by atoms with Crippen LogP contribution in [0.25, 0.3) is 22.3 Å². The molecule has 0 unspecified atom stereocenters. The molecule has 0 fully saturated rings. The number of carbonyl (C=O) groups excluding carboxylic acids is 2. The molecule has 0 saturated carbocycles. The molecule has 38 heavy (non-hydrogen) atoms. The Balaban J connectivity index is 1.42. The fraction of sp³-hybridized carbons (Fsp3) is 0.235. The maximum Gasteiger partial charge on any atom is 0.185 e. The molecule has 0 aliphatic heterocycles. The summed E-state index contributed by atoms with van der Waals surface area (Å²) in [6.07, 6.45) is 3.93. The Morgan fingerprint density at radius 2 is 0.947 bits per heavy atom. The summed E-state index contributed by atoms with van der Waals surface area (Å²) in [6.45, 7) is 0. The molecule has 4 aromatic rings. The molecule has 0 N–H and O–H groups in total. The number of carbonyl (C=O) groups is 2. The first kappa shape index (κ1) is 24.9. The lowest BCUT2D eigenvalue weighted by Gasteiger charge is -2.36. The van der Waals surface area contributed by atoms with E-state index in [2.05, 4.69) is 110 Å². The first-order chi connectivity index (χ1) is 18.5. The molecule has 0 saturated heterocycles. The Morgan fingerprint density at radius 3 is 1.34 bits per heavy atom. The molecule has 0 aromatic heterocycles. The van der Waals surface area contributed by atoms with E-state index >= 15 is 0 Å². The van der Waals surface area contributed by atoms with Crippen molar-refractivity contribution in [2.24, 2.45) is 0 Å². The molecule has 0 spiro atoms. The number of hydrogen-bond donors (Lipinski definition) is 1. The van der Waals surface area contributed by atoms with Gasteiger partial charge in [0.1, 0.15) is 0 Å². The van der Waals surface area contributed by atoms with Gasteiger partial charge in [-0.25, -0.2) is 0 Å². The lowest BCUT2D eigenvalue weighted by molar-refractivity contribution is -0.113. The van der Waals surface area contributed by atoms with E-state index < -0.39 is 5.41 Å². The van der Waals surface area contributed by atoms with Gasteiger partial charge in [0.25, 0.3) is 0 Å². The van der Waals surface area contributed by atoms with Gasteiger partial charge in [-0.15, -0.1) is 12.6 Å². The van der Waals surface area contributed by atoms with Crippen molar-refractivity contribution in [3.8, 4) is 22.3 Å². The molecule has 2 radical (unpaired) electrons. The standard InChI is InChI=1S/C34H29BO2S/c35-31(36)22-34(29-16-7-3-12-25(29)26-13-4-8-17-30(26)34)20-9-19-33(21-18-32(37)38)27-14-5-1-10-23(27)24-11-2-6-15-28(24)33/h1-8,10-17H,9,18-22H2,(H,37,38). The molecule has 2 nitrogen and oxygen atoms in total. The largest absolute Gasteiger partial charge is 0.313 e. The van der Waals surface area contributed by atoms with Gasteiger partial charge in [-0.3, -0.25) is 4.79 Å². The van der Waals surface area contributed by atoms with Gasteiger partial charge in [0.15, 0.2) is 13.0 Å². The maximum absolute atomic E-state index is 12.5. The van der Waals surface area contributed by atoms with Gasteiger partial charge in [0.2, 0.25) is 0 Å². The molecular formula is C34H29BO2S. The number of benzene rings is 4. The van der Waals surface area contributed by atoms with Crippen molar-refractivity contribution in [2.45, 2.75) is 49.4 Å². The van der Waals surface area contributed by atoms with Crippen molar-refractivity contribution < 1.29 is 9.59 Å². The van der Waals surface area contributed by atoms with Gasteiger partial charge >= 0.3 is 0 Å². The summed E-state index contributed by atoms with van der Waals surface area (Å²) in [6, 6.07) is 34.1. The van der Waals surface area contributed by atoms with Crippen LogP contribution in [0.2, 0.25) is 0 Å². The molecule has 0 amide bonds. The Hall–Kier alpha value is -3.37. The van der Waals surface area contributed by atoms with Crippen LogP contribution in [-0.2, 0) is 20.4 Å². The second kappa shape index (κ2) is 9.74. The Morgan fingerprint density at radius 1 is 0.579 bits per heavy atom. The van der Waals surface area contributed by atoms with E-state index in [1.807, 2.05) is 0 Å². The summed E-state index contributed by atoms with van der Waals surface area (Å²) in [4.78, 5) is 24.7. The van der Waals surface area contributed by atoms with E-state index in [1.54, 1.807) is 0 Å². The average Bonchev–Trinajstić information content (AvgIpc) is 3.36. The second-order valence-corrected chi connectivity index (χ2v) is 11.2. The minimum atomic E-state index is -0.461. The molecule has 6 rings (SSSR count). The molecule has 2 aliphatic carbocycles. The van der Waals surface area contributed by atoms with Crippen LogP contribution < -0.4 is 0 Å². The molecule has 186 valence electrons. The maximum atomic E-state index is 12.5. The van der Waals surface area contributed by atoms with Gasteiger partial charge < -0.3 is 4.79 Å². The zero-order valence-corrected chi connectivity index (χ0v) is 22.2. The molecule has 0 atom stereocenters. The monoisotopic (exact) mass is 512 g/mol. The van der Waals surface area contributed by atoms with E-state index in [0.29, 0.717) is 12.8 Å². The van der Waals surface area contributed by atoms with Gasteiger partial charge in [0.05, 0.1) is 5.68 Å². The number of thiol groups is 1. The zero-order valence-electron chi connectivity index (χ0n) is 21.3. The van der Waals surface area contributed by atoms with Crippen LogP contribution in [0.15, 0.2) is 97.1 Å². The zero-order chi connectivity index (χ0) is 26.3. The third kappa shape index (κ3) is 3.89. The normalized spacial score (nSPS) is 15.3. The highest BCUT2D eigenvalue weighted by Crippen LogP contribution is 2.57. The highest BCUT2D eigenvalue weighted by Gasteiger charge is 2.46. The van der Waals surface area contributed by atoms with E-state index in [4.69, 9.17) is 7.85 Å². The molecule has 4 heteroatoms. The van der Waals surface area contributed by atoms with Gasteiger partial charge in [-0.05, 0) is 63.8 Å². The van der Waals surface area contributed by atoms with Crippen LogP contribution in [0.5, 0.6) is 0 Å². The van der Waals surface area contributed by atoms with E-state index in [9.17, 15) is 9.59 Å². The van der Waals surface area contributed by atoms with Crippen molar-refractivity contribution >= 4 is 31.3 Å². The Labute approximate surface area is 231 Å². The van der Waals surface area contributed by atoms with Gasteiger partial charge in [0, 0.05) is 23.7 Å². The smallest absolute Gasteiger partial charge is 0.185 e. The van der Waals surface area contributed by atoms with Crippen molar-refractivity contribution in [1.29, 1.82) is 0 Å². The molecular weight excluding hydrogens is 483 g/mol. The molecule has 0 bridgehead atoms. The summed E-state index contributed by atoms with van der Waals surface area (Å²) in [5.74, 6) is 0. The summed E-state index contributed by atoms with van der Waals surface area (Å²) in [5, 5.41) is -0.0879. The number of hydrogen-bond acceptors (Lipinski definition) is 2. The van der Waals surface area contributed by atoms with Crippen molar-refractivity contribution in [3.05, 3.63) is 119 Å². The van der Waals surface area contributed by atoms with Crippen LogP contribution in [0.3, 0.4) is 0 Å². The number of rotatable bonds is 9. The first-order valence-corrected chi connectivity index (χ1v) is 13.8. The highest BCUT2D eigenvalue weighted by atomic mass is 32.1. The molecule has 0 heterocycles. The summed E-state index contributed by atoms with van der Waals surface area (Å²) in [7, 11) is 5.91. The minimum Gasteiger partial charge on any atom is -0.313 e. The van der Waals surface area contributed by atoms with Crippen LogP contribution in [0.1, 0.15) is 60.8 Å². The summed E-state index contributed by atoms with van der Waals surface area (Å²) < 4.78 is 0. The first-order valence-electron chi connectivity index (χ1n) is 13.4. The SMILES string of the molecule is [B]C(=O)CC1(CCCC2(CCC(=O)S)c3ccccc3-c3ccccc32)c2ccccc2-c2ccccc21. The minimum absolute atomic E-state index is 0.0879. The lowest BCUT2D eigenvalue weighted by atomic mass is 9.66. The van der Waals surface area contributed by atoms with E-state index in [-0.39, 0.29) is 22.6 Å². The van der Waals surface area contributed by atoms with Gasteiger partial charge in [-0.1, -0.05) is 103 Å². The van der Waals surface area contributed by atoms with Crippen molar-refractivity contribution in [2.75, 3.05) is 0 Å². The van der Waals surface area contributed by atoms with E-state index in [0.717, 1.165) is 19.3 Å². The third-order valence-electron chi connectivity index (χ3n) is 8.80. The van der Waals surface area contributed by atoms with Crippen LogP contribution in [-0.4, -0.2) is 18.6 Å². The summed E-state index contributed by atoms with van der Waals surface area (Å²) in [5.41, 5.74) is 8.79. The van der Waals surface area contributed by atoms with Crippen LogP contribution >= 0.6 is 12.6 Å². The molecule has 4 aromatic carbocycles. The third-order valence-corrected chi connectivity index (χ3v) is 9.02. The number of fused-ring (bicyclic) bond motifs is 6. The predicted octanol–water partition coefficient (Wildman–Crippen LogP) is 7.41. The van der Waals surface area contributed by atoms with E-state index in [1.165, 1.54) is 44.5 Å². The van der Waals surface area contributed by atoms with Crippen LogP contribution in [0, 0.1) is 0 Å². The van der Waals surface area contributed by atoms with Crippen LogP contribution in [0.4, 0.5) is 0 Å². The van der Waals surface area contributed by atoms with Gasteiger partial charge in [-0.2, -0.15) is 0 Å². The Bertz CT molecular complexity index is 1460. The Kier molecular flexibility index (Phi) is 6.40. The topological polar surface area (TPSA) is 34.1 Å². The molecule has 2 aliphatic rings. The average molecular weight is 512 g/mol. The van der Waals surface area contributed by atoms with Crippen molar-refractivity contribution in [1.82, 2.24) is 0 Å². The summed E-state index contributed by atoms with van der Waals surface area (Å²) >= 11 is 4.13. The quantitative estimate of drug-likeness (QED) is 0.187. The lowest BCUT2D eigenvalue weighted by Crippen LogP contribution is -2.31. The highest BCUT2D eigenvalue weighted by molar-refractivity contribution is 7.96. The van der Waals surface area contributed by atoms with Crippen molar-refractivity contribution in [3.63, 3.8) is 0 Å². The second-order valence-electron chi connectivity index (χ2n) is 10.7. The fourth-order valence-electron chi connectivity index (χ4n) is 7.35. The predicted molar refractivity (Wildman–Crippen MR) is 158 cm³/mol. The fourth-order valence-corrected chi connectivity index (χ4v) is 7.46.